The average molecular weight is 381 g/mol. The summed E-state index contributed by atoms with van der Waals surface area (Å²) in [6.45, 7) is -1.40. The van der Waals surface area contributed by atoms with Crippen LogP contribution < -0.4 is 10.6 Å². The predicted octanol–water partition coefficient (Wildman–Crippen LogP) is 3.07. The Bertz CT molecular complexity index is 851. The molecular weight excluding hydrogens is 367 g/mol. The minimum absolute atomic E-state index is 0.0970. The summed E-state index contributed by atoms with van der Waals surface area (Å²) in [5, 5.41) is 15.0. The van der Waals surface area contributed by atoms with Gasteiger partial charge in [-0.15, -0.1) is 0 Å². The van der Waals surface area contributed by atoms with E-state index in [4.69, 9.17) is 0 Å². The third-order valence-corrected chi connectivity index (χ3v) is 3.38. The van der Waals surface area contributed by atoms with Gasteiger partial charge in [-0.2, -0.15) is 13.2 Å². The minimum Gasteiger partial charge on any atom is -0.347 e. The van der Waals surface area contributed by atoms with E-state index in [0.717, 1.165) is 6.07 Å². The molecule has 27 heavy (non-hydrogen) atoms. The van der Waals surface area contributed by atoms with Crippen LogP contribution in [0, 0.1) is 10.1 Å². The van der Waals surface area contributed by atoms with E-state index in [2.05, 4.69) is 5.32 Å². The molecule has 0 heterocycles. The average Bonchev–Trinajstić information content (AvgIpc) is 2.61. The highest BCUT2D eigenvalue weighted by Crippen LogP contribution is 2.16. The lowest BCUT2D eigenvalue weighted by Gasteiger charge is -2.09. The number of nitro benzene ring substituents is 1. The molecule has 0 aliphatic rings. The van der Waals surface area contributed by atoms with Gasteiger partial charge in [0.05, 0.1) is 11.3 Å². The number of anilines is 1. The Balaban J connectivity index is 1.95. The third-order valence-electron chi connectivity index (χ3n) is 3.38. The van der Waals surface area contributed by atoms with E-state index in [1.165, 1.54) is 42.5 Å². The molecule has 0 unspecified atom stereocenters. The van der Waals surface area contributed by atoms with Gasteiger partial charge >= 0.3 is 6.18 Å². The summed E-state index contributed by atoms with van der Waals surface area (Å²) in [7, 11) is 0. The summed E-state index contributed by atoms with van der Waals surface area (Å²) in [5.74, 6) is -1.34. The molecule has 0 spiro atoms. The summed E-state index contributed by atoms with van der Waals surface area (Å²) in [6.07, 6.45) is -4.72. The first kappa shape index (κ1) is 19.9. The summed E-state index contributed by atoms with van der Waals surface area (Å²) in [4.78, 5) is 33.7. The number of halogens is 3. The van der Waals surface area contributed by atoms with Crippen LogP contribution in [0.4, 0.5) is 24.5 Å². The molecule has 0 saturated carbocycles. The van der Waals surface area contributed by atoms with Crippen LogP contribution in [0.1, 0.15) is 15.9 Å². The van der Waals surface area contributed by atoms with Crippen molar-refractivity contribution < 1.29 is 27.7 Å². The van der Waals surface area contributed by atoms with E-state index in [1.54, 1.807) is 5.32 Å². The zero-order valence-corrected chi connectivity index (χ0v) is 13.7. The number of amides is 2. The maximum absolute atomic E-state index is 12.1. The van der Waals surface area contributed by atoms with E-state index in [-0.39, 0.29) is 17.7 Å². The van der Waals surface area contributed by atoms with Crippen LogP contribution in [-0.2, 0) is 11.2 Å². The van der Waals surface area contributed by atoms with Crippen molar-refractivity contribution in [2.75, 3.05) is 11.9 Å². The highest BCUT2D eigenvalue weighted by atomic mass is 19.4. The number of nitrogens with one attached hydrogen (secondary N) is 2. The first-order valence-corrected chi connectivity index (χ1v) is 7.62. The lowest BCUT2D eigenvalue weighted by Crippen LogP contribution is -2.34. The Morgan fingerprint density at radius 1 is 1.07 bits per heavy atom. The summed E-state index contributed by atoms with van der Waals surface area (Å²) in [5.41, 5.74) is 0.705. The Morgan fingerprint density at radius 3 is 2.33 bits per heavy atom. The van der Waals surface area contributed by atoms with Crippen molar-refractivity contribution in [3.05, 3.63) is 69.8 Å². The molecule has 0 aliphatic heterocycles. The topological polar surface area (TPSA) is 101 Å². The number of alkyl halides is 3. The van der Waals surface area contributed by atoms with Crippen molar-refractivity contribution >= 4 is 23.2 Å². The van der Waals surface area contributed by atoms with Crippen molar-refractivity contribution in [2.24, 2.45) is 0 Å². The normalized spacial score (nSPS) is 10.9. The Labute approximate surface area is 151 Å². The summed E-state index contributed by atoms with van der Waals surface area (Å²) in [6, 6.07) is 11.1. The molecule has 0 saturated heterocycles. The van der Waals surface area contributed by atoms with Gasteiger partial charge in [-0.1, -0.05) is 18.2 Å². The summed E-state index contributed by atoms with van der Waals surface area (Å²) >= 11 is 0. The standard InChI is InChI=1S/C17H14F3N3O4/c18-17(19,20)10-21-15(24)8-11-4-6-13(7-5-11)22-16(25)12-2-1-3-14(9-12)23(26)27/h1-7,9H,8,10H2,(H,21,24)(H,22,25). The van der Waals surface area contributed by atoms with E-state index in [0.29, 0.717) is 11.3 Å². The smallest absolute Gasteiger partial charge is 0.347 e. The first-order valence-electron chi connectivity index (χ1n) is 7.62. The molecule has 2 N–H and O–H groups in total. The van der Waals surface area contributed by atoms with Gasteiger partial charge in [-0.3, -0.25) is 19.7 Å². The Kier molecular flexibility index (Phi) is 6.11. The number of nitro groups is 1. The number of hydrogen-bond donors (Lipinski definition) is 2. The Morgan fingerprint density at radius 2 is 1.74 bits per heavy atom. The highest BCUT2D eigenvalue weighted by Gasteiger charge is 2.27. The maximum atomic E-state index is 12.1. The first-order chi connectivity index (χ1) is 12.6. The van der Waals surface area contributed by atoms with Gasteiger partial charge in [0.1, 0.15) is 6.54 Å². The second-order valence-corrected chi connectivity index (χ2v) is 5.53. The van der Waals surface area contributed by atoms with Gasteiger partial charge in [0.2, 0.25) is 5.91 Å². The number of carbonyl (C=O) groups excluding carboxylic acids is 2. The van der Waals surface area contributed by atoms with Gasteiger partial charge in [0.15, 0.2) is 0 Å². The molecule has 0 aliphatic carbocycles. The molecule has 2 aromatic rings. The fourth-order valence-electron chi connectivity index (χ4n) is 2.12. The molecule has 0 aromatic heterocycles. The van der Waals surface area contributed by atoms with Crippen LogP contribution in [0.25, 0.3) is 0 Å². The molecule has 142 valence electrons. The lowest BCUT2D eigenvalue weighted by atomic mass is 10.1. The second kappa shape index (κ2) is 8.30. The fourth-order valence-corrected chi connectivity index (χ4v) is 2.12. The van der Waals surface area contributed by atoms with Crippen molar-refractivity contribution in [2.45, 2.75) is 12.6 Å². The van der Waals surface area contributed by atoms with Crippen molar-refractivity contribution in [1.82, 2.24) is 5.32 Å². The summed E-state index contributed by atoms with van der Waals surface area (Å²) < 4.78 is 36.1. The fraction of sp³-hybridized carbons (Fsp3) is 0.176. The number of hydrogen-bond acceptors (Lipinski definition) is 4. The molecule has 2 aromatic carbocycles. The second-order valence-electron chi connectivity index (χ2n) is 5.53. The number of non-ortho nitro benzene ring substituents is 1. The number of benzene rings is 2. The zero-order chi connectivity index (χ0) is 20.0. The van der Waals surface area contributed by atoms with Gasteiger partial charge in [0, 0.05) is 23.4 Å². The monoisotopic (exact) mass is 381 g/mol. The van der Waals surface area contributed by atoms with Crippen molar-refractivity contribution in [3.63, 3.8) is 0 Å². The number of nitrogens with zero attached hydrogens (tertiary/aromatic N) is 1. The molecule has 0 fully saturated rings. The van der Waals surface area contributed by atoms with E-state index < -0.39 is 29.5 Å². The van der Waals surface area contributed by atoms with Crippen LogP contribution in [-0.4, -0.2) is 29.5 Å². The number of rotatable bonds is 6. The molecule has 0 radical (unpaired) electrons. The van der Waals surface area contributed by atoms with E-state index in [1.807, 2.05) is 0 Å². The van der Waals surface area contributed by atoms with Crippen LogP contribution in [0.15, 0.2) is 48.5 Å². The number of carbonyl (C=O) groups is 2. The molecule has 0 atom stereocenters. The Hall–Kier alpha value is -3.43. The van der Waals surface area contributed by atoms with Gasteiger partial charge in [-0.25, -0.2) is 0 Å². The van der Waals surface area contributed by atoms with Crippen LogP contribution in [0.3, 0.4) is 0 Å². The van der Waals surface area contributed by atoms with Crippen molar-refractivity contribution in [1.29, 1.82) is 0 Å². The highest BCUT2D eigenvalue weighted by molar-refractivity contribution is 6.04. The van der Waals surface area contributed by atoms with E-state index >= 15 is 0 Å². The van der Waals surface area contributed by atoms with E-state index in [9.17, 15) is 32.9 Å². The van der Waals surface area contributed by atoms with Crippen LogP contribution >= 0.6 is 0 Å². The van der Waals surface area contributed by atoms with Gasteiger partial charge < -0.3 is 10.6 Å². The predicted molar refractivity (Wildman–Crippen MR) is 90.3 cm³/mol. The SMILES string of the molecule is O=C(Cc1ccc(NC(=O)c2cccc([N+](=O)[O-])c2)cc1)NCC(F)(F)F. The lowest BCUT2D eigenvalue weighted by molar-refractivity contribution is -0.384. The van der Waals surface area contributed by atoms with Gasteiger partial charge in [0.25, 0.3) is 11.6 Å². The zero-order valence-electron chi connectivity index (χ0n) is 13.7. The third kappa shape index (κ3) is 6.42. The molecule has 7 nitrogen and oxygen atoms in total. The molecule has 10 heteroatoms. The van der Waals surface area contributed by atoms with Gasteiger partial charge in [-0.05, 0) is 23.8 Å². The molecule has 2 amide bonds. The maximum Gasteiger partial charge on any atom is 0.405 e. The quantitative estimate of drug-likeness (QED) is 0.593. The van der Waals surface area contributed by atoms with Crippen molar-refractivity contribution in [3.8, 4) is 0 Å². The largest absolute Gasteiger partial charge is 0.405 e. The minimum atomic E-state index is -4.48. The molecule has 2 rings (SSSR count). The molecular formula is C17H14F3N3O4. The van der Waals surface area contributed by atoms with Crippen LogP contribution in [0.5, 0.6) is 0 Å². The molecule has 0 bridgehead atoms. The van der Waals surface area contributed by atoms with Crippen LogP contribution in [0.2, 0.25) is 0 Å².